The number of nitrogens with zero attached hydrogens (tertiary/aromatic N) is 2. The molecule has 0 saturated heterocycles. The van der Waals surface area contributed by atoms with Crippen molar-refractivity contribution in [2.45, 2.75) is 23.8 Å². The molecule has 0 radical (unpaired) electrons. The van der Waals surface area contributed by atoms with Crippen molar-refractivity contribution in [3.8, 4) is 0 Å². The van der Waals surface area contributed by atoms with Gasteiger partial charge >= 0.3 is 0 Å². The van der Waals surface area contributed by atoms with E-state index < -0.39 is 0 Å². The predicted molar refractivity (Wildman–Crippen MR) is 66.5 cm³/mol. The molecular formula is C12H13N3S. The van der Waals surface area contributed by atoms with E-state index in [4.69, 9.17) is 5.73 Å². The van der Waals surface area contributed by atoms with Gasteiger partial charge in [-0.15, -0.1) is 0 Å². The Kier molecular flexibility index (Phi) is 3.10. The van der Waals surface area contributed by atoms with Crippen molar-refractivity contribution in [3.05, 3.63) is 41.9 Å². The zero-order valence-electron chi connectivity index (χ0n) is 9.27. The Labute approximate surface area is 99.1 Å². The van der Waals surface area contributed by atoms with Gasteiger partial charge in [0.25, 0.3) is 0 Å². The number of aromatic nitrogens is 2. The van der Waals surface area contributed by atoms with Crippen molar-refractivity contribution in [1.29, 1.82) is 0 Å². The second kappa shape index (κ2) is 4.53. The molecule has 2 heterocycles. The van der Waals surface area contributed by atoms with Crippen LogP contribution in [0.15, 0.2) is 40.5 Å². The summed E-state index contributed by atoms with van der Waals surface area (Å²) in [6.45, 7) is 4.06. The van der Waals surface area contributed by atoms with Crippen molar-refractivity contribution >= 4 is 17.4 Å². The van der Waals surface area contributed by atoms with E-state index in [0.717, 1.165) is 15.6 Å². The van der Waals surface area contributed by atoms with E-state index in [-0.39, 0.29) is 0 Å². The molecule has 82 valence electrons. The monoisotopic (exact) mass is 231 g/mol. The van der Waals surface area contributed by atoms with Crippen LogP contribution in [0.4, 0.5) is 5.69 Å². The normalized spacial score (nSPS) is 10.4. The molecule has 2 aromatic rings. The predicted octanol–water partition coefficient (Wildman–Crippen LogP) is 2.83. The number of aryl methyl sites for hydroxylation is 2. The fraction of sp³-hybridized carbons (Fsp3) is 0.167. The number of nitrogen functional groups attached to an aromatic ring is 1. The van der Waals surface area contributed by atoms with Crippen molar-refractivity contribution in [2.24, 2.45) is 0 Å². The topological polar surface area (TPSA) is 51.8 Å². The van der Waals surface area contributed by atoms with Crippen LogP contribution in [0.25, 0.3) is 0 Å². The lowest BCUT2D eigenvalue weighted by molar-refractivity contribution is 1.05. The number of hydrogen-bond acceptors (Lipinski definition) is 4. The molecule has 0 saturated carbocycles. The second-order valence-electron chi connectivity index (χ2n) is 3.64. The van der Waals surface area contributed by atoms with Gasteiger partial charge in [-0.2, -0.15) is 0 Å². The van der Waals surface area contributed by atoms with Crippen molar-refractivity contribution in [3.63, 3.8) is 0 Å². The van der Waals surface area contributed by atoms with Gasteiger partial charge in [0.05, 0.1) is 11.9 Å². The molecule has 2 rings (SSSR count). The third-order valence-electron chi connectivity index (χ3n) is 2.10. The van der Waals surface area contributed by atoms with Gasteiger partial charge in [-0.25, -0.2) is 4.98 Å². The standard InChI is InChI=1S/C12H13N3S/c1-8-5-9(2)15-12(6-8)16-11-3-4-14-7-10(11)13/h3-7H,13H2,1-2H3. The van der Waals surface area contributed by atoms with E-state index in [1.54, 1.807) is 24.2 Å². The van der Waals surface area contributed by atoms with Gasteiger partial charge in [0.1, 0.15) is 5.03 Å². The molecule has 3 nitrogen and oxygen atoms in total. The lowest BCUT2D eigenvalue weighted by Crippen LogP contribution is -1.91. The molecule has 0 aromatic carbocycles. The van der Waals surface area contributed by atoms with Crippen LogP contribution in [0, 0.1) is 13.8 Å². The minimum atomic E-state index is 0.688. The number of hydrogen-bond donors (Lipinski definition) is 1. The van der Waals surface area contributed by atoms with Crippen LogP contribution < -0.4 is 5.73 Å². The lowest BCUT2D eigenvalue weighted by Gasteiger charge is -2.05. The van der Waals surface area contributed by atoms with Gasteiger partial charge in [0, 0.05) is 16.8 Å². The largest absolute Gasteiger partial charge is 0.397 e. The number of nitrogens with two attached hydrogens (primary N) is 1. The van der Waals surface area contributed by atoms with Gasteiger partial charge in [-0.05, 0) is 37.6 Å². The summed E-state index contributed by atoms with van der Waals surface area (Å²) in [7, 11) is 0. The average Bonchev–Trinajstić information content (AvgIpc) is 2.20. The number of pyridine rings is 2. The van der Waals surface area contributed by atoms with Crippen LogP contribution in [-0.4, -0.2) is 9.97 Å². The van der Waals surface area contributed by atoms with E-state index in [1.807, 2.05) is 13.0 Å². The Morgan fingerprint density at radius 2 is 2.06 bits per heavy atom. The molecule has 4 heteroatoms. The average molecular weight is 231 g/mol. The number of anilines is 1. The Bertz CT molecular complexity index is 491. The zero-order valence-corrected chi connectivity index (χ0v) is 10.1. The summed E-state index contributed by atoms with van der Waals surface area (Å²) in [6, 6.07) is 6.01. The van der Waals surface area contributed by atoms with E-state index in [2.05, 4.69) is 29.0 Å². The Morgan fingerprint density at radius 1 is 1.25 bits per heavy atom. The highest BCUT2D eigenvalue weighted by molar-refractivity contribution is 7.99. The summed E-state index contributed by atoms with van der Waals surface area (Å²) in [5, 5.41) is 0.968. The molecule has 2 aromatic heterocycles. The summed E-state index contributed by atoms with van der Waals surface area (Å²) in [5.41, 5.74) is 8.76. The molecule has 16 heavy (non-hydrogen) atoms. The quantitative estimate of drug-likeness (QED) is 0.863. The highest BCUT2D eigenvalue weighted by atomic mass is 32.2. The van der Waals surface area contributed by atoms with E-state index in [0.29, 0.717) is 5.69 Å². The van der Waals surface area contributed by atoms with Crippen molar-refractivity contribution in [2.75, 3.05) is 5.73 Å². The molecule has 0 atom stereocenters. The van der Waals surface area contributed by atoms with Crippen LogP contribution in [0.2, 0.25) is 0 Å². The van der Waals surface area contributed by atoms with E-state index in [1.165, 1.54) is 5.56 Å². The lowest BCUT2D eigenvalue weighted by atomic mass is 10.3. The maximum absolute atomic E-state index is 5.83. The summed E-state index contributed by atoms with van der Waals surface area (Å²) >= 11 is 1.57. The summed E-state index contributed by atoms with van der Waals surface area (Å²) in [6.07, 6.45) is 3.40. The molecule has 0 aliphatic rings. The van der Waals surface area contributed by atoms with Gasteiger partial charge in [-0.3, -0.25) is 4.98 Å². The summed E-state index contributed by atoms with van der Waals surface area (Å²) in [5.74, 6) is 0. The molecule has 0 unspecified atom stereocenters. The first-order valence-electron chi connectivity index (χ1n) is 4.98. The smallest absolute Gasteiger partial charge is 0.101 e. The first kappa shape index (κ1) is 11.0. The molecule has 0 bridgehead atoms. The van der Waals surface area contributed by atoms with Gasteiger partial charge in [0.2, 0.25) is 0 Å². The number of rotatable bonds is 2. The molecule has 0 amide bonds. The van der Waals surface area contributed by atoms with Crippen LogP contribution in [0.3, 0.4) is 0 Å². The van der Waals surface area contributed by atoms with Crippen LogP contribution in [0.5, 0.6) is 0 Å². The molecular weight excluding hydrogens is 218 g/mol. The molecule has 0 fully saturated rings. The van der Waals surface area contributed by atoms with Crippen LogP contribution in [0.1, 0.15) is 11.3 Å². The second-order valence-corrected chi connectivity index (χ2v) is 4.70. The van der Waals surface area contributed by atoms with Crippen molar-refractivity contribution in [1.82, 2.24) is 9.97 Å². The van der Waals surface area contributed by atoms with Crippen LogP contribution >= 0.6 is 11.8 Å². The molecule has 0 aliphatic carbocycles. The van der Waals surface area contributed by atoms with Gasteiger partial charge in [-0.1, -0.05) is 11.8 Å². The Hall–Kier alpha value is -1.55. The SMILES string of the molecule is Cc1cc(C)nc(Sc2ccncc2N)c1. The highest BCUT2D eigenvalue weighted by Crippen LogP contribution is 2.30. The Balaban J connectivity index is 2.30. The maximum Gasteiger partial charge on any atom is 0.101 e. The Morgan fingerprint density at radius 3 is 2.75 bits per heavy atom. The summed E-state index contributed by atoms with van der Waals surface area (Å²) in [4.78, 5) is 9.41. The van der Waals surface area contributed by atoms with Gasteiger partial charge < -0.3 is 5.73 Å². The van der Waals surface area contributed by atoms with Crippen molar-refractivity contribution < 1.29 is 0 Å². The fourth-order valence-electron chi connectivity index (χ4n) is 1.46. The minimum absolute atomic E-state index is 0.688. The third-order valence-corrected chi connectivity index (χ3v) is 3.11. The van der Waals surface area contributed by atoms with E-state index in [9.17, 15) is 0 Å². The minimum Gasteiger partial charge on any atom is -0.397 e. The maximum atomic E-state index is 5.83. The first-order chi connectivity index (χ1) is 7.65. The fourth-order valence-corrected chi connectivity index (χ4v) is 2.42. The third kappa shape index (κ3) is 2.52. The molecule has 0 aliphatic heterocycles. The zero-order chi connectivity index (χ0) is 11.5. The van der Waals surface area contributed by atoms with Crippen LogP contribution in [-0.2, 0) is 0 Å². The summed E-state index contributed by atoms with van der Waals surface area (Å²) < 4.78 is 0. The van der Waals surface area contributed by atoms with E-state index >= 15 is 0 Å². The molecule has 2 N–H and O–H groups in total. The highest BCUT2D eigenvalue weighted by Gasteiger charge is 2.03. The van der Waals surface area contributed by atoms with Gasteiger partial charge in [0.15, 0.2) is 0 Å². The first-order valence-corrected chi connectivity index (χ1v) is 5.79. The molecule has 0 spiro atoms.